The summed E-state index contributed by atoms with van der Waals surface area (Å²) >= 11 is 13.0. The van der Waals surface area contributed by atoms with Crippen molar-refractivity contribution < 1.29 is 0 Å². The van der Waals surface area contributed by atoms with Crippen molar-refractivity contribution in [3.05, 3.63) is 102 Å². The topological polar surface area (TPSA) is 39.6 Å². The fraction of sp³-hybridized carbons (Fsp3) is 0.312. The predicted molar refractivity (Wildman–Crippen MR) is 170 cm³/mol. The minimum atomic E-state index is -0.135. The van der Waals surface area contributed by atoms with E-state index >= 15 is 0 Å². The molecule has 2 fully saturated rings. The van der Waals surface area contributed by atoms with Crippen molar-refractivity contribution in [1.29, 1.82) is 0 Å². The molecule has 206 valence electrons. The van der Waals surface area contributed by atoms with Gasteiger partial charge in [0.1, 0.15) is 6.04 Å². The molecule has 0 amide bonds. The molecule has 2 aliphatic heterocycles. The Kier molecular flexibility index (Phi) is 7.43. The summed E-state index contributed by atoms with van der Waals surface area (Å²) in [5.41, 5.74) is 6.38. The van der Waals surface area contributed by atoms with Gasteiger partial charge in [-0.2, -0.15) is 0 Å². The fourth-order valence-electron chi connectivity index (χ4n) is 5.87. The summed E-state index contributed by atoms with van der Waals surface area (Å²) in [4.78, 5) is 11.4. The molecule has 2 aromatic carbocycles. The van der Waals surface area contributed by atoms with Crippen LogP contribution in [0.3, 0.4) is 0 Å². The van der Waals surface area contributed by atoms with E-state index < -0.39 is 0 Å². The number of hydrogen-bond donors (Lipinski definition) is 1. The summed E-state index contributed by atoms with van der Waals surface area (Å²) in [5, 5.41) is 5.00. The van der Waals surface area contributed by atoms with Gasteiger partial charge in [-0.1, -0.05) is 24.6 Å². The van der Waals surface area contributed by atoms with E-state index in [4.69, 9.17) is 28.8 Å². The molecule has 6 rings (SSSR count). The van der Waals surface area contributed by atoms with E-state index in [1.54, 1.807) is 0 Å². The zero-order valence-electron chi connectivity index (χ0n) is 23.2. The van der Waals surface area contributed by atoms with Crippen molar-refractivity contribution >= 4 is 46.0 Å². The van der Waals surface area contributed by atoms with E-state index in [1.807, 2.05) is 18.3 Å². The maximum absolute atomic E-state index is 6.97. The molecule has 2 atom stereocenters. The number of halogens is 1. The molecule has 0 spiro atoms. The van der Waals surface area contributed by atoms with Gasteiger partial charge in [0.2, 0.25) is 0 Å². The zero-order valence-corrected chi connectivity index (χ0v) is 24.7. The van der Waals surface area contributed by atoms with Crippen LogP contribution in [0.25, 0.3) is 5.69 Å². The third-order valence-corrected chi connectivity index (χ3v) is 8.78. The van der Waals surface area contributed by atoms with Gasteiger partial charge in [0, 0.05) is 62.3 Å². The van der Waals surface area contributed by atoms with Crippen LogP contribution in [0.4, 0.5) is 17.1 Å². The predicted octanol–water partition coefficient (Wildman–Crippen LogP) is 7.01. The highest BCUT2D eigenvalue weighted by atomic mass is 35.5. The van der Waals surface area contributed by atoms with Crippen molar-refractivity contribution in [3.8, 4) is 5.69 Å². The Labute approximate surface area is 247 Å². The van der Waals surface area contributed by atoms with Gasteiger partial charge in [-0.15, -0.1) is 0 Å². The third-order valence-electron chi connectivity index (χ3n) is 8.16. The van der Waals surface area contributed by atoms with E-state index in [9.17, 15) is 0 Å². The van der Waals surface area contributed by atoms with Gasteiger partial charge in [0.25, 0.3) is 0 Å². The molecule has 1 N–H and O–H groups in total. The standard InChI is InChI=1S/C32H35ClN6S/c1-22-15-19-37(20-16-22)28-14-13-25(21-26(28)33)39-31(30(35-32(39)40)27-7-4-5-17-34-27)29-8-6-18-38(29)24-11-9-23(10-12-24)36(2)3/h4-14,17-18,21-22,30-31H,15-16,19-20H2,1-3H3,(H,35,40)/t30-,31-/m1/s1. The number of pyridine rings is 1. The molecular weight excluding hydrogens is 536 g/mol. The van der Waals surface area contributed by atoms with Crippen LogP contribution in [0, 0.1) is 5.92 Å². The Morgan fingerprint density at radius 1 is 0.950 bits per heavy atom. The monoisotopic (exact) mass is 570 g/mol. The number of piperidine rings is 1. The quantitative estimate of drug-likeness (QED) is 0.252. The number of hydrogen-bond acceptors (Lipinski definition) is 4. The van der Waals surface area contributed by atoms with Gasteiger partial charge in [0.15, 0.2) is 5.11 Å². The molecule has 0 radical (unpaired) electrons. The van der Waals surface area contributed by atoms with Crippen molar-refractivity contribution in [3.63, 3.8) is 0 Å². The molecule has 8 heteroatoms. The molecule has 2 aliphatic rings. The van der Waals surface area contributed by atoms with Gasteiger partial charge in [0.05, 0.1) is 22.4 Å². The molecule has 40 heavy (non-hydrogen) atoms. The number of benzene rings is 2. The second-order valence-electron chi connectivity index (χ2n) is 11.0. The first-order valence-electron chi connectivity index (χ1n) is 13.9. The van der Waals surface area contributed by atoms with Crippen molar-refractivity contribution in [2.24, 2.45) is 5.92 Å². The molecule has 0 aliphatic carbocycles. The summed E-state index contributed by atoms with van der Waals surface area (Å²) in [7, 11) is 4.11. The lowest BCUT2D eigenvalue weighted by Gasteiger charge is -2.33. The van der Waals surface area contributed by atoms with Gasteiger partial charge in [-0.05, 0) is 97.7 Å². The van der Waals surface area contributed by atoms with E-state index in [0.29, 0.717) is 5.11 Å². The summed E-state index contributed by atoms with van der Waals surface area (Å²) in [6.45, 7) is 4.40. The lowest BCUT2D eigenvalue weighted by molar-refractivity contribution is 0.438. The largest absolute Gasteiger partial charge is 0.378 e. The molecule has 4 heterocycles. The molecule has 6 nitrogen and oxygen atoms in total. The van der Waals surface area contributed by atoms with Gasteiger partial charge in [-0.3, -0.25) is 4.98 Å². The highest BCUT2D eigenvalue weighted by Gasteiger charge is 2.42. The average molecular weight is 571 g/mol. The van der Waals surface area contributed by atoms with Crippen LogP contribution in [0.1, 0.15) is 43.2 Å². The number of thiocarbonyl (C=S) groups is 1. The Balaban J connectivity index is 1.41. The van der Waals surface area contributed by atoms with Gasteiger partial charge in [-0.25, -0.2) is 0 Å². The highest BCUT2D eigenvalue weighted by molar-refractivity contribution is 7.80. The maximum Gasteiger partial charge on any atom is 0.174 e. The second kappa shape index (κ2) is 11.1. The van der Waals surface area contributed by atoms with E-state index in [2.05, 4.69) is 112 Å². The Morgan fingerprint density at radius 3 is 2.38 bits per heavy atom. The first kappa shape index (κ1) is 26.7. The summed E-state index contributed by atoms with van der Waals surface area (Å²) in [5.74, 6) is 0.766. The third kappa shape index (κ3) is 5.04. The van der Waals surface area contributed by atoms with E-state index in [1.165, 1.54) is 12.8 Å². The van der Waals surface area contributed by atoms with Gasteiger partial charge < -0.3 is 24.6 Å². The first-order valence-corrected chi connectivity index (χ1v) is 14.7. The van der Waals surface area contributed by atoms with Crippen molar-refractivity contribution in [1.82, 2.24) is 14.9 Å². The van der Waals surface area contributed by atoms with Crippen LogP contribution in [0.5, 0.6) is 0 Å². The zero-order chi connectivity index (χ0) is 27.8. The maximum atomic E-state index is 6.97. The number of nitrogens with one attached hydrogen (secondary N) is 1. The lowest BCUT2D eigenvalue weighted by atomic mass is 9.98. The minimum absolute atomic E-state index is 0.134. The van der Waals surface area contributed by atoms with Crippen LogP contribution < -0.4 is 20.0 Å². The molecule has 0 saturated carbocycles. The average Bonchev–Trinajstić information content (AvgIpc) is 3.58. The first-order chi connectivity index (χ1) is 19.4. The summed E-state index contributed by atoms with van der Waals surface area (Å²) < 4.78 is 2.24. The van der Waals surface area contributed by atoms with Crippen LogP contribution >= 0.6 is 23.8 Å². The van der Waals surface area contributed by atoms with Crippen LogP contribution in [-0.2, 0) is 0 Å². The summed E-state index contributed by atoms with van der Waals surface area (Å²) in [6.07, 6.45) is 6.34. The Morgan fingerprint density at radius 2 is 1.70 bits per heavy atom. The van der Waals surface area contributed by atoms with E-state index in [0.717, 1.165) is 58.2 Å². The normalized spacial score (nSPS) is 19.6. The smallest absolute Gasteiger partial charge is 0.174 e. The minimum Gasteiger partial charge on any atom is -0.378 e. The summed E-state index contributed by atoms with van der Waals surface area (Å²) in [6, 6.07) is 25.0. The van der Waals surface area contributed by atoms with Crippen molar-refractivity contribution in [2.45, 2.75) is 31.8 Å². The number of anilines is 3. The number of nitrogens with zero attached hydrogens (tertiary/aromatic N) is 5. The number of rotatable bonds is 6. The molecule has 2 aromatic heterocycles. The fourth-order valence-corrected chi connectivity index (χ4v) is 6.51. The highest BCUT2D eigenvalue weighted by Crippen LogP contribution is 2.44. The SMILES string of the molecule is CC1CCN(c2ccc(N3C(=S)N[C@H](c4ccccn4)[C@H]3c3cccn3-c3ccc(N(C)C)cc3)cc2Cl)CC1. The lowest BCUT2D eigenvalue weighted by Crippen LogP contribution is -2.33. The van der Waals surface area contributed by atoms with Crippen LogP contribution in [0.15, 0.2) is 85.2 Å². The molecule has 2 saturated heterocycles. The Hall–Kier alpha value is -3.55. The Bertz CT molecular complexity index is 1480. The van der Waals surface area contributed by atoms with E-state index in [-0.39, 0.29) is 12.1 Å². The van der Waals surface area contributed by atoms with Crippen LogP contribution in [0.2, 0.25) is 5.02 Å². The second-order valence-corrected chi connectivity index (χ2v) is 11.8. The molecule has 0 unspecified atom stereocenters. The molecular formula is C32H35ClN6S. The van der Waals surface area contributed by atoms with Crippen LogP contribution in [-0.4, -0.2) is 41.8 Å². The van der Waals surface area contributed by atoms with Crippen molar-refractivity contribution in [2.75, 3.05) is 41.9 Å². The number of aromatic nitrogens is 2. The molecule has 4 aromatic rings. The van der Waals surface area contributed by atoms with Gasteiger partial charge >= 0.3 is 0 Å². The molecule has 0 bridgehead atoms.